The number of carbonyl (C=O) groups is 1. The molecule has 3 rings (SSSR count). The highest BCUT2D eigenvalue weighted by atomic mass is 16.5. The van der Waals surface area contributed by atoms with Crippen LogP contribution in [0.1, 0.15) is 21.5 Å². The molecule has 128 valence electrons. The molecule has 7 nitrogen and oxygen atoms in total. The number of benzene rings is 1. The van der Waals surface area contributed by atoms with Gasteiger partial charge in [0.15, 0.2) is 0 Å². The van der Waals surface area contributed by atoms with E-state index in [2.05, 4.69) is 21.7 Å². The summed E-state index contributed by atoms with van der Waals surface area (Å²) in [5, 5.41) is 15.4. The molecular formula is C18H19N5O2. The van der Waals surface area contributed by atoms with Crippen molar-refractivity contribution in [2.24, 2.45) is 5.73 Å². The maximum atomic E-state index is 11.2. The molecule has 1 aromatic carbocycles. The summed E-state index contributed by atoms with van der Waals surface area (Å²) in [4.78, 5) is 15.3. The summed E-state index contributed by atoms with van der Waals surface area (Å²) in [6.07, 6.45) is 2.26. The third-order valence-corrected chi connectivity index (χ3v) is 3.98. The summed E-state index contributed by atoms with van der Waals surface area (Å²) in [5.74, 6) is -0.0289. The number of hydrogen-bond acceptors (Lipinski definition) is 6. The molecule has 0 saturated heterocycles. The average molecular weight is 337 g/mol. The Kier molecular flexibility index (Phi) is 5.11. The Labute approximate surface area is 145 Å². The molecular weight excluding hydrogens is 318 g/mol. The van der Waals surface area contributed by atoms with Crippen molar-refractivity contribution in [2.75, 3.05) is 25.0 Å². The van der Waals surface area contributed by atoms with E-state index in [9.17, 15) is 4.79 Å². The van der Waals surface area contributed by atoms with Gasteiger partial charge < -0.3 is 21.1 Å². The Morgan fingerprint density at radius 3 is 2.96 bits per heavy atom. The van der Waals surface area contributed by atoms with Crippen LogP contribution in [0.4, 0.5) is 5.69 Å². The molecule has 1 aliphatic heterocycles. The zero-order chi connectivity index (χ0) is 17.6. The smallest absolute Gasteiger partial charge is 0.250 e. The molecule has 1 unspecified atom stereocenters. The number of amides is 1. The van der Waals surface area contributed by atoms with E-state index in [1.807, 2.05) is 24.3 Å². The molecule has 0 fully saturated rings. The number of hydrogen-bond donors (Lipinski definition) is 3. The fourth-order valence-electron chi connectivity index (χ4n) is 2.59. The molecule has 0 spiro atoms. The second-order valence-electron chi connectivity index (χ2n) is 5.82. The number of nitrogens with two attached hydrogens (primary N) is 1. The van der Waals surface area contributed by atoms with Gasteiger partial charge in [0.25, 0.3) is 0 Å². The molecule has 0 aliphatic carbocycles. The van der Waals surface area contributed by atoms with E-state index >= 15 is 0 Å². The van der Waals surface area contributed by atoms with Gasteiger partial charge in [-0.05, 0) is 36.7 Å². The molecule has 4 N–H and O–H groups in total. The van der Waals surface area contributed by atoms with Gasteiger partial charge in [0.05, 0.1) is 29.4 Å². The molecule has 25 heavy (non-hydrogen) atoms. The topological polar surface area (TPSA) is 113 Å². The Hall–Kier alpha value is -3.11. The number of nitriles is 1. The lowest BCUT2D eigenvalue weighted by Gasteiger charge is -2.26. The molecule has 1 aliphatic rings. The van der Waals surface area contributed by atoms with Gasteiger partial charge >= 0.3 is 0 Å². The van der Waals surface area contributed by atoms with Crippen LogP contribution in [0, 0.1) is 11.3 Å². The molecule has 0 radical (unpaired) electrons. The van der Waals surface area contributed by atoms with Crippen molar-refractivity contribution in [1.82, 2.24) is 10.3 Å². The molecule has 2 aromatic rings. The first-order chi connectivity index (χ1) is 12.2. The van der Waals surface area contributed by atoms with E-state index in [0.29, 0.717) is 35.8 Å². The summed E-state index contributed by atoms with van der Waals surface area (Å²) in [6, 6.07) is 11.4. The minimum absolute atomic E-state index is 0.0413. The van der Waals surface area contributed by atoms with Crippen LogP contribution in [0.15, 0.2) is 36.5 Å². The lowest BCUT2D eigenvalue weighted by molar-refractivity contribution is 0.0999. The second kappa shape index (κ2) is 7.64. The van der Waals surface area contributed by atoms with E-state index in [-0.39, 0.29) is 6.10 Å². The van der Waals surface area contributed by atoms with Gasteiger partial charge in [-0.3, -0.25) is 4.79 Å². The highest BCUT2D eigenvalue weighted by molar-refractivity contribution is 5.93. The Balaban J connectivity index is 1.45. The maximum absolute atomic E-state index is 11.2. The van der Waals surface area contributed by atoms with Gasteiger partial charge in [0.1, 0.15) is 6.10 Å². The van der Waals surface area contributed by atoms with Gasteiger partial charge in [-0.1, -0.05) is 12.1 Å². The van der Waals surface area contributed by atoms with Crippen molar-refractivity contribution < 1.29 is 9.53 Å². The van der Waals surface area contributed by atoms with Crippen molar-refractivity contribution in [3.8, 4) is 11.9 Å². The number of primary amides is 1. The van der Waals surface area contributed by atoms with Crippen LogP contribution in [0.2, 0.25) is 0 Å². The van der Waals surface area contributed by atoms with Crippen molar-refractivity contribution in [2.45, 2.75) is 12.5 Å². The SMILES string of the molecule is N#Cc1ccc(CCNCC2CNc3cc(C(N)=O)cnc3O2)cc1. The van der Waals surface area contributed by atoms with Crippen molar-refractivity contribution in [3.05, 3.63) is 53.2 Å². The zero-order valence-corrected chi connectivity index (χ0v) is 13.7. The van der Waals surface area contributed by atoms with E-state index in [4.69, 9.17) is 15.7 Å². The second-order valence-corrected chi connectivity index (χ2v) is 5.82. The fraction of sp³-hybridized carbons (Fsp3) is 0.278. The van der Waals surface area contributed by atoms with Crippen LogP contribution in [0.5, 0.6) is 5.88 Å². The highest BCUT2D eigenvalue weighted by Gasteiger charge is 2.21. The molecule has 7 heteroatoms. The lowest BCUT2D eigenvalue weighted by Crippen LogP contribution is -2.40. The minimum Gasteiger partial charge on any atom is -0.470 e. The fourth-order valence-corrected chi connectivity index (χ4v) is 2.59. The molecule has 1 amide bonds. The molecule has 1 atom stereocenters. The van der Waals surface area contributed by atoms with Gasteiger partial charge in [0, 0.05) is 12.7 Å². The van der Waals surface area contributed by atoms with Crippen molar-refractivity contribution >= 4 is 11.6 Å². The first-order valence-corrected chi connectivity index (χ1v) is 8.06. The van der Waals surface area contributed by atoms with Crippen LogP contribution in [0.3, 0.4) is 0 Å². The van der Waals surface area contributed by atoms with E-state index < -0.39 is 5.91 Å². The molecule has 2 heterocycles. The van der Waals surface area contributed by atoms with Crippen LogP contribution < -0.4 is 21.1 Å². The zero-order valence-electron chi connectivity index (χ0n) is 13.7. The van der Waals surface area contributed by atoms with Gasteiger partial charge in [-0.25, -0.2) is 4.98 Å². The van der Waals surface area contributed by atoms with Crippen molar-refractivity contribution in [1.29, 1.82) is 5.26 Å². The third kappa shape index (κ3) is 4.25. The summed E-state index contributed by atoms with van der Waals surface area (Å²) < 4.78 is 5.82. The highest BCUT2D eigenvalue weighted by Crippen LogP contribution is 2.26. The predicted molar refractivity (Wildman–Crippen MR) is 93.4 cm³/mol. The van der Waals surface area contributed by atoms with E-state index in [1.165, 1.54) is 11.8 Å². The molecule has 1 aromatic heterocycles. The van der Waals surface area contributed by atoms with Crippen LogP contribution in [-0.2, 0) is 6.42 Å². The minimum atomic E-state index is -0.510. The number of fused-ring (bicyclic) bond motifs is 1. The number of anilines is 1. The van der Waals surface area contributed by atoms with Gasteiger partial charge in [-0.2, -0.15) is 5.26 Å². The van der Waals surface area contributed by atoms with Gasteiger partial charge in [0.2, 0.25) is 11.8 Å². The Morgan fingerprint density at radius 2 is 2.24 bits per heavy atom. The average Bonchev–Trinajstić information content (AvgIpc) is 2.65. The predicted octanol–water partition coefficient (Wildman–Crippen LogP) is 1.06. The molecule has 0 bridgehead atoms. The number of nitrogens with zero attached hydrogens (tertiary/aromatic N) is 2. The number of carbonyl (C=O) groups excluding carboxylic acids is 1. The van der Waals surface area contributed by atoms with Crippen LogP contribution in [0.25, 0.3) is 0 Å². The van der Waals surface area contributed by atoms with Crippen LogP contribution in [-0.4, -0.2) is 36.6 Å². The standard InChI is InChI=1S/C18H19N5O2/c19-8-13-3-1-12(2-4-13)5-6-21-10-15-11-22-16-7-14(17(20)24)9-23-18(16)25-15/h1-4,7,9,15,21-22H,5-6,10-11H2,(H2,20,24). The first kappa shape index (κ1) is 16.7. The van der Waals surface area contributed by atoms with Gasteiger partial charge in [-0.15, -0.1) is 0 Å². The summed E-state index contributed by atoms with van der Waals surface area (Å²) in [6.45, 7) is 2.12. The summed E-state index contributed by atoms with van der Waals surface area (Å²) in [5.41, 5.74) is 8.14. The Morgan fingerprint density at radius 1 is 1.44 bits per heavy atom. The molecule has 0 saturated carbocycles. The number of pyridine rings is 1. The number of nitrogens with one attached hydrogen (secondary N) is 2. The van der Waals surface area contributed by atoms with E-state index in [0.717, 1.165) is 13.0 Å². The number of aromatic nitrogens is 1. The first-order valence-electron chi connectivity index (χ1n) is 8.06. The van der Waals surface area contributed by atoms with Crippen molar-refractivity contribution in [3.63, 3.8) is 0 Å². The quantitative estimate of drug-likeness (QED) is 0.679. The normalized spacial score (nSPS) is 15.4. The summed E-state index contributed by atoms with van der Waals surface area (Å²) in [7, 11) is 0. The Bertz CT molecular complexity index is 798. The monoisotopic (exact) mass is 337 g/mol. The summed E-state index contributed by atoms with van der Waals surface area (Å²) >= 11 is 0. The number of rotatable bonds is 6. The third-order valence-electron chi connectivity index (χ3n) is 3.98. The lowest BCUT2D eigenvalue weighted by atomic mass is 10.1. The van der Waals surface area contributed by atoms with E-state index in [1.54, 1.807) is 6.07 Å². The largest absolute Gasteiger partial charge is 0.470 e. The number of ether oxygens (including phenoxy) is 1. The van der Waals surface area contributed by atoms with Crippen LogP contribution >= 0.6 is 0 Å². The maximum Gasteiger partial charge on any atom is 0.250 e.